The van der Waals surface area contributed by atoms with Gasteiger partial charge in [0, 0.05) is 11.6 Å². The molecule has 0 radical (unpaired) electrons. The molecule has 1 aliphatic heterocycles. The third kappa shape index (κ3) is 5.28. The number of alkyl halides is 6. The highest BCUT2D eigenvalue weighted by atomic mass is 32.2. The van der Waals surface area contributed by atoms with Crippen molar-refractivity contribution < 1.29 is 40.3 Å². The fourth-order valence-corrected chi connectivity index (χ4v) is 4.33. The van der Waals surface area contributed by atoms with Gasteiger partial charge in [0.2, 0.25) is 0 Å². The topological polar surface area (TPSA) is 42.7 Å². The number of thioether (sulfide) groups is 1. The van der Waals surface area contributed by atoms with Gasteiger partial charge in [-0.1, -0.05) is 30.0 Å². The molecule has 34 heavy (non-hydrogen) atoms. The van der Waals surface area contributed by atoms with Crippen molar-refractivity contribution in [2.75, 3.05) is 4.90 Å². The van der Waals surface area contributed by atoms with Crippen molar-refractivity contribution in [2.24, 2.45) is 0 Å². The van der Waals surface area contributed by atoms with E-state index < -0.39 is 24.0 Å². The molecule has 1 saturated heterocycles. The molecule has 0 atom stereocenters. The molecule has 4 nitrogen and oxygen atoms in total. The summed E-state index contributed by atoms with van der Waals surface area (Å²) in [5.74, 6) is -0.435. The molecule has 0 aliphatic carbocycles. The lowest BCUT2D eigenvalue weighted by atomic mass is 10.2. The number of anilines is 1. The van der Waals surface area contributed by atoms with E-state index in [1.807, 2.05) is 0 Å². The van der Waals surface area contributed by atoms with Crippen LogP contribution in [0, 0.1) is 0 Å². The summed E-state index contributed by atoms with van der Waals surface area (Å²) in [6, 6.07) is 12.4. The molecule has 4 rings (SSSR count). The van der Waals surface area contributed by atoms with Crippen molar-refractivity contribution in [3.63, 3.8) is 0 Å². The summed E-state index contributed by atoms with van der Waals surface area (Å²) >= 11 is 6.09. The predicted octanol–water partition coefficient (Wildman–Crippen LogP) is 7.27. The summed E-state index contributed by atoms with van der Waals surface area (Å²) in [5, 5.41) is 0. The van der Waals surface area contributed by atoms with Gasteiger partial charge < -0.3 is 9.15 Å². The molecule has 1 aromatic heterocycles. The Kier molecular flexibility index (Phi) is 6.21. The second-order valence-electron chi connectivity index (χ2n) is 6.84. The molecule has 3 aromatic rings. The third-order valence-electron chi connectivity index (χ3n) is 4.50. The SMILES string of the molecule is O=C1/C(=C\c2ccc(-c3ccc(OC(F)(F)F)cc3)o2)SC(=S)N1c1cccc(C(F)(F)F)c1. The van der Waals surface area contributed by atoms with Crippen molar-refractivity contribution in [3.8, 4) is 17.1 Å². The summed E-state index contributed by atoms with van der Waals surface area (Å²) in [7, 11) is 0. The number of rotatable bonds is 4. The van der Waals surface area contributed by atoms with Crippen LogP contribution in [0.4, 0.5) is 32.0 Å². The monoisotopic (exact) mass is 515 g/mol. The second-order valence-corrected chi connectivity index (χ2v) is 8.52. The van der Waals surface area contributed by atoms with Gasteiger partial charge in [-0.05, 0) is 54.6 Å². The largest absolute Gasteiger partial charge is 0.573 e. The highest BCUT2D eigenvalue weighted by Gasteiger charge is 2.36. The predicted molar refractivity (Wildman–Crippen MR) is 118 cm³/mol. The van der Waals surface area contributed by atoms with E-state index in [4.69, 9.17) is 16.6 Å². The average Bonchev–Trinajstić information content (AvgIpc) is 3.31. The molecule has 2 heterocycles. The van der Waals surface area contributed by atoms with Crippen molar-refractivity contribution in [1.29, 1.82) is 0 Å². The average molecular weight is 515 g/mol. The smallest absolute Gasteiger partial charge is 0.457 e. The number of nitrogens with zero attached hydrogens (tertiary/aromatic N) is 1. The lowest BCUT2D eigenvalue weighted by Crippen LogP contribution is -2.27. The first kappa shape index (κ1) is 23.9. The zero-order valence-corrected chi connectivity index (χ0v) is 18.2. The van der Waals surface area contributed by atoms with E-state index in [9.17, 15) is 31.1 Å². The number of benzene rings is 2. The first-order valence-corrected chi connectivity index (χ1v) is 10.5. The van der Waals surface area contributed by atoms with Crippen molar-refractivity contribution in [2.45, 2.75) is 12.5 Å². The Bertz CT molecular complexity index is 1280. The van der Waals surface area contributed by atoms with Crippen molar-refractivity contribution >= 4 is 46.0 Å². The number of hydrogen-bond acceptors (Lipinski definition) is 5. The minimum absolute atomic E-state index is 0.0120. The van der Waals surface area contributed by atoms with Gasteiger partial charge in [0.05, 0.1) is 16.2 Å². The number of furan rings is 1. The standard InChI is InChI=1S/C22H11F6NO3S2/c23-21(24,25)13-2-1-3-14(10-13)29-19(30)18(34-20(29)33)11-16-8-9-17(31-16)12-4-6-15(7-5-12)32-22(26,27)28/h1-11H/b18-11+. The molecule has 0 saturated carbocycles. The maximum Gasteiger partial charge on any atom is 0.573 e. The molecule has 0 bridgehead atoms. The second kappa shape index (κ2) is 8.84. The summed E-state index contributed by atoms with van der Waals surface area (Å²) in [6.45, 7) is 0. The first-order valence-electron chi connectivity index (χ1n) is 9.32. The van der Waals surface area contributed by atoms with Crippen LogP contribution in [-0.2, 0) is 11.0 Å². The van der Waals surface area contributed by atoms with E-state index in [0.717, 1.165) is 40.9 Å². The Labute approximate surface area is 197 Å². The molecular weight excluding hydrogens is 504 g/mol. The van der Waals surface area contributed by atoms with Gasteiger partial charge in [-0.25, -0.2) is 0 Å². The zero-order chi connectivity index (χ0) is 24.7. The maximum atomic E-state index is 13.0. The lowest BCUT2D eigenvalue weighted by Gasteiger charge is -2.16. The van der Waals surface area contributed by atoms with Crippen LogP contribution in [0.2, 0.25) is 0 Å². The number of carbonyl (C=O) groups is 1. The van der Waals surface area contributed by atoms with Crippen molar-refractivity contribution in [1.82, 2.24) is 0 Å². The Balaban J connectivity index is 1.54. The fourth-order valence-electron chi connectivity index (χ4n) is 3.05. The molecule has 1 amide bonds. The van der Waals surface area contributed by atoms with Crippen LogP contribution >= 0.6 is 24.0 Å². The molecule has 1 fully saturated rings. The van der Waals surface area contributed by atoms with E-state index >= 15 is 0 Å². The quantitative estimate of drug-likeness (QED) is 0.208. The van der Waals surface area contributed by atoms with Crippen LogP contribution in [0.25, 0.3) is 17.4 Å². The maximum absolute atomic E-state index is 13.0. The number of thiocarbonyl (C=S) groups is 1. The fraction of sp³-hybridized carbons (Fsp3) is 0.0909. The van der Waals surface area contributed by atoms with E-state index in [1.165, 1.54) is 36.4 Å². The number of halogens is 6. The summed E-state index contributed by atoms with van der Waals surface area (Å²) in [6.07, 6.45) is -8.00. The third-order valence-corrected chi connectivity index (χ3v) is 5.80. The highest BCUT2D eigenvalue weighted by Crippen LogP contribution is 2.39. The minimum atomic E-state index is -4.81. The zero-order valence-electron chi connectivity index (χ0n) is 16.6. The van der Waals surface area contributed by atoms with Gasteiger partial charge in [-0.2, -0.15) is 13.2 Å². The van der Waals surface area contributed by atoms with Crippen LogP contribution in [0.1, 0.15) is 11.3 Å². The lowest BCUT2D eigenvalue weighted by molar-refractivity contribution is -0.274. The van der Waals surface area contributed by atoms with Crippen molar-refractivity contribution in [3.05, 3.63) is 76.9 Å². The molecule has 1 aliphatic rings. The van der Waals surface area contributed by atoms with Crippen LogP contribution in [0.15, 0.2) is 70.0 Å². The molecular formula is C22H11F6NO3S2. The Morgan fingerprint density at radius 3 is 2.32 bits per heavy atom. The molecule has 176 valence electrons. The van der Waals surface area contributed by atoms with Gasteiger partial charge in [-0.15, -0.1) is 13.2 Å². The first-order chi connectivity index (χ1) is 15.9. The molecule has 2 aromatic carbocycles. The van der Waals surface area contributed by atoms with Gasteiger partial charge >= 0.3 is 12.5 Å². The molecule has 0 spiro atoms. The summed E-state index contributed by atoms with van der Waals surface area (Å²) in [5.41, 5.74) is -0.460. The van der Waals surface area contributed by atoms with Crippen LogP contribution < -0.4 is 9.64 Å². The number of hydrogen-bond donors (Lipinski definition) is 0. The number of carbonyl (C=O) groups excluding carboxylic acids is 1. The normalized spacial score (nSPS) is 15.9. The van der Waals surface area contributed by atoms with Crippen LogP contribution in [-0.4, -0.2) is 16.6 Å². The Morgan fingerprint density at radius 2 is 1.68 bits per heavy atom. The van der Waals surface area contributed by atoms with E-state index in [-0.39, 0.29) is 26.4 Å². The molecule has 12 heteroatoms. The van der Waals surface area contributed by atoms with Gasteiger partial charge in [-0.3, -0.25) is 9.69 Å². The minimum Gasteiger partial charge on any atom is -0.457 e. The number of ether oxygens (including phenoxy) is 1. The van der Waals surface area contributed by atoms with Gasteiger partial charge in [0.15, 0.2) is 4.32 Å². The Hall–Kier alpha value is -3.25. The van der Waals surface area contributed by atoms with Crippen LogP contribution in [0.5, 0.6) is 5.75 Å². The van der Waals surface area contributed by atoms with E-state index in [2.05, 4.69) is 4.74 Å². The number of amides is 1. The summed E-state index contributed by atoms with van der Waals surface area (Å²) < 4.78 is 85.5. The van der Waals surface area contributed by atoms with Crippen LogP contribution in [0.3, 0.4) is 0 Å². The Morgan fingerprint density at radius 1 is 0.971 bits per heavy atom. The van der Waals surface area contributed by atoms with E-state index in [0.29, 0.717) is 11.3 Å². The highest BCUT2D eigenvalue weighted by molar-refractivity contribution is 8.27. The van der Waals surface area contributed by atoms with Gasteiger partial charge in [0.1, 0.15) is 17.3 Å². The molecule has 0 unspecified atom stereocenters. The van der Waals surface area contributed by atoms with E-state index in [1.54, 1.807) is 6.07 Å². The van der Waals surface area contributed by atoms with Gasteiger partial charge in [0.25, 0.3) is 5.91 Å². The molecule has 0 N–H and O–H groups in total. The summed E-state index contributed by atoms with van der Waals surface area (Å²) in [4.78, 5) is 14.0.